The number of benzene rings is 2. The van der Waals surface area contributed by atoms with E-state index < -0.39 is 12.0 Å². The summed E-state index contributed by atoms with van der Waals surface area (Å²) in [6, 6.07) is 7.58. The minimum absolute atomic E-state index is 0.0439. The van der Waals surface area contributed by atoms with Gasteiger partial charge in [-0.15, -0.1) is 0 Å². The van der Waals surface area contributed by atoms with Crippen LogP contribution >= 0.6 is 45.5 Å². The van der Waals surface area contributed by atoms with Crippen molar-refractivity contribution >= 4 is 57.6 Å². The van der Waals surface area contributed by atoms with E-state index in [1.807, 2.05) is 29.5 Å². The van der Waals surface area contributed by atoms with E-state index in [0.717, 1.165) is 0 Å². The minimum atomic E-state index is -0.858. The van der Waals surface area contributed by atoms with E-state index in [0.29, 0.717) is 52.9 Å². The normalized spacial score (nSPS) is 15.4. The van der Waals surface area contributed by atoms with Crippen molar-refractivity contribution in [3.8, 4) is 17.2 Å². The summed E-state index contributed by atoms with van der Waals surface area (Å²) in [4.78, 5) is 31.6. The van der Waals surface area contributed by atoms with Crippen LogP contribution < -0.4 is 24.4 Å². The number of methoxy groups -OCH3 is 2. The molecule has 0 saturated carbocycles. The average Bonchev–Trinajstić information content (AvgIpc) is 3.15. The third kappa shape index (κ3) is 4.76. The van der Waals surface area contributed by atoms with Crippen molar-refractivity contribution < 1.29 is 24.1 Å². The molecular weight excluding hydrogens is 619 g/mol. The summed E-state index contributed by atoms with van der Waals surface area (Å²) in [5, 5.41) is 10.7. The number of carbonyl (C=O) groups is 1. The standard InChI is InChI=1S/C25H22ClIN2O6S/c1-5-35-18-9-13(8-16(27)22(18)30)10-19-23(31)29-21(15-11-14(26)6-7-17(15)33-3)20(24(32)34-4)12(2)28-25(29)36-19/h6-11,21,30H,5H2,1-4H3/b19-10-/t21-/m1/s1. The largest absolute Gasteiger partial charge is 0.504 e. The van der Waals surface area contributed by atoms with Crippen molar-refractivity contribution in [1.82, 2.24) is 4.57 Å². The number of phenols is 1. The molecule has 0 bridgehead atoms. The fraction of sp³-hybridized carbons (Fsp3) is 0.240. The Morgan fingerprint density at radius 3 is 2.69 bits per heavy atom. The van der Waals surface area contributed by atoms with E-state index in [9.17, 15) is 14.7 Å². The summed E-state index contributed by atoms with van der Waals surface area (Å²) in [6.07, 6.45) is 1.71. The van der Waals surface area contributed by atoms with Crippen LogP contribution in [0.4, 0.5) is 0 Å². The number of thiazole rings is 1. The molecule has 2 heterocycles. The number of esters is 1. The third-order valence-corrected chi connectivity index (χ3v) is 7.60. The van der Waals surface area contributed by atoms with Gasteiger partial charge < -0.3 is 19.3 Å². The summed E-state index contributed by atoms with van der Waals surface area (Å²) in [6.45, 7) is 3.90. The van der Waals surface area contributed by atoms with Gasteiger partial charge in [0, 0.05) is 10.6 Å². The van der Waals surface area contributed by atoms with E-state index in [-0.39, 0.29) is 16.9 Å². The average molecular weight is 641 g/mol. The molecule has 1 atom stereocenters. The maximum Gasteiger partial charge on any atom is 0.338 e. The third-order valence-electron chi connectivity index (χ3n) is 5.56. The maximum atomic E-state index is 13.8. The molecule has 0 unspecified atom stereocenters. The molecule has 0 saturated heterocycles. The van der Waals surface area contributed by atoms with E-state index in [1.165, 1.54) is 30.1 Å². The van der Waals surface area contributed by atoms with Crippen molar-refractivity contribution in [2.75, 3.05) is 20.8 Å². The molecule has 0 amide bonds. The molecular formula is C25H22ClIN2O6S. The summed E-state index contributed by atoms with van der Waals surface area (Å²) in [5.74, 6) is 0.229. The number of aromatic nitrogens is 1. The van der Waals surface area contributed by atoms with Crippen LogP contribution in [0.5, 0.6) is 17.2 Å². The number of ether oxygens (including phenoxy) is 3. The van der Waals surface area contributed by atoms with E-state index in [2.05, 4.69) is 4.99 Å². The van der Waals surface area contributed by atoms with E-state index in [1.54, 1.807) is 43.3 Å². The Kier molecular flexibility index (Phi) is 7.76. The lowest BCUT2D eigenvalue weighted by molar-refractivity contribution is -0.136. The molecule has 1 aliphatic heterocycles. The van der Waals surface area contributed by atoms with Crippen LogP contribution in [0.25, 0.3) is 6.08 Å². The Morgan fingerprint density at radius 2 is 2.03 bits per heavy atom. The lowest BCUT2D eigenvalue weighted by Crippen LogP contribution is -2.40. The smallest absolute Gasteiger partial charge is 0.338 e. The number of carbonyl (C=O) groups excluding carboxylic acids is 1. The number of fused-ring (bicyclic) bond motifs is 1. The van der Waals surface area contributed by atoms with Gasteiger partial charge >= 0.3 is 5.97 Å². The molecule has 36 heavy (non-hydrogen) atoms. The zero-order valence-electron chi connectivity index (χ0n) is 19.8. The molecule has 11 heteroatoms. The molecule has 1 N–H and O–H groups in total. The van der Waals surface area contributed by atoms with Gasteiger partial charge in [0.15, 0.2) is 16.3 Å². The first kappa shape index (κ1) is 26.2. The molecule has 188 valence electrons. The van der Waals surface area contributed by atoms with Crippen LogP contribution in [0.15, 0.2) is 51.4 Å². The topological polar surface area (TPSA) is 99.4 Å². The molecule has 8 nitrogen and oxygen atoms in total. The molecule has 0 spiro atoms. The second-order valence-electron chi connectivity index (χ2n) is 7.74. The predicted octanol–water partition coefficient (Wildman–Crippen LogP) is 3.78. The molecule has 1 aromatic heterocycles. The van der Waals surface area contributed by atoms with E-state index in [4.69, 9.17) is 25.8 Å². The van der Waals surface area contributed by atoms with Gasteiger partial charge in [0.25, 0.3) is 5.56 Å². The lowest BCUT2D eigenvalue weighted by Gasteiger charge is -2.25. The van der Waals surface area contributed by atoms with Gasteiger partial charge in [-0.05, 0) is 78.4 Å². The van der Waals surface area contributed by atoms with Crippen molar-refractivity contribution in [3.63, 3.8) is 0 Å². The highest BCUT2D eigenvalue weighted by atomic mass is 127. The number of rotatable bonds is 6. The highest BCUT2D eigenvalue weighted by Crippen LogP contribution is 2.37. The lowest BCUT2D eigenvalue weighted by atomic mass is 9.95. The Balaban J connectivity index is 2.00. The van der Waals surface area contributed by atoms with Crippen molar-refractivity contribution in [1.29, 1.82) is 0 Å². The zero-order valence-corrected chi connectivity index (χ0v) is 23.5. The van der Waals surface area contributed by atoms with E-state index >= 15 is 0 Å². The van der Waals surface area contributed by atoms with Gasteiger partial charge in [-0.2, -0.15) is 0 Å². The Labute approximate surface area is 229 Å². The molecule has 4 rings (SSSR count). The van der Waals surface area contributed by atoms with Crippen LogP contribution in [0.1, 0.15) is 31.0 Å². The second-order valence-corrected chi connectivity index (χ2v) is 10.3. The zero-order chi connectivity index (χ0) is 26.1. The summed E-state index contributed by atoms with van der Waals surface area (Å²) in [7, 11) is 2.79. The fourth-order valence-electron chi connectivity index (χ4n) is 4.00. The number of hydrogen-bond donors (Lipinski definition) is 1. The quantitative estimate of drug-likeness (QED) is 0.325. The van der Waals surface area contributed by atoms with Crippen LogP contribution in [0.2, 0.25) is 5.02 Å². The number of allylic oxidation sites excluding steroid dienone is 1. The minimum Gasteiger partial charge on any atom is -0.504 e. The number of phenolic OH excluding ortho intramolecular Hbond substituents is 1. The maximum absolute atomic E-state index is 13.8. The predicted molar refractivity (Wildman–Crippen MR) is 146 cm³/mol. The fourth-order valence-corrected chi connectivity index (χ4v) is 5.85. The van der Waals surface area contributed by atoms with Crippen molar-refractivity contribution in [2.24, 2.45) is 4.99 Å². The SMILES string of the molecule is CCOc1cc(/C=c2\sc3n(c2=O)[C@H](c2cc(Cl)ccc2OC)C(C(=O)OC)=C(C)N=3)cc(I)c1O. The first-order valence-electron chi connectivity index (χ1n) is 10.8. The molecule has 0 radical (unpaired) electrons. The highest BCUT2D eigenvalue weighted by Gasteiger charge is 2.35. The molecule has 0 fully saturated rings. The number of halogens is 2. The summed E-state index contributed by atoms with van der Waals surface area (Å²) < 4.78 is 18.6. The van der Waals surface area contributed by atoms with Crippen LogP contribution in [-0.2, 0) is 9.53 Å². The number of nitrogens with zero attached hydrogens (tertiary/aromatic N) is 2. The first-order valence-corrected chi connectivity index (χ1v) is 13.1. The van der Waals surface area contributed by atoms with Gasteiger partial charge in [0.1, 0.15) is 11.8 Å². The van der Waals surface area contributed by atoms with Gasteiger partial charge in [-0.1, -0.05) is 22.9 Å². The van der Waals surface area contributed by atoms with Gasteiger partial charge in [-0.25, -0.2) is 9.79 Å². The molecule has 1 aliphatic rings. The molecule has 2 aromatic carbocycles. The van der Waals surface area contributed by atoms with Crippen LogP contribution in [-0.4, -0.2) is 36.5 Å². The Morgan fingerprint density at radius 1 is 1.28 bits per heavy atom. The molecule has 0 aliphatic carbocycles. The van der Waals surface area contributed by atoms with Crippen molar-refractivity contribution in [2.45, 2.75) is 19.9 Å². The second kappa shape index (κ2) is 10.7. The van der Waals surface area contributed by atoms with Gasteiger partial charge in [0.2, 0.25) is 0 Å². The summed E-state index contributed by atoms with van der Waals surface area (Å²) in [5.41, 5.74) is 1.51. The first-order chi connectivity index (χ1) is 17.2. The Hall–Kier alpha value is -2.83. The monoisotopic (exact) mass is 640 g/mol. The van der Waals surface area contributed by atoms with Gasteiger partial charge in [0.05, 0.1) is 40.2 Å². The van der Waals surface area contributed by atoms with Crippen LogP contribution in [0, 0.1) is 3.57 Å². The summed E-state index contributed by atoms with van der Waals surface area (Å²) >= 11 is 9.50. The number of aromatic hydroxyl groups is 1. The van der Waals surface area contributed by atoms with Crippen molar-refractivity contribution in [3.05, 3.63) is 81.0 Å². The highest BCUT2D eigenvalue weighted by molar-refractivity contribution is 14.1. The molecule has 3 aromatic rings. The number of hydrogen-bond acceptors (Lipinski definition) is 8. The van der Waals surface area contributed by atoms with Gasteiger partial charge in [-0.3, -0.25) is 9.36 Å². The Bertz CT molecular complexity index is 1580. The van der Waals surface area contributed by atoms with Crippen LogP contribution in [0.3, 0.4) is 0 Å².